The summed E-state index contributed by atoms with van der Waals surface area (Å²) in [5, 5.41) is 0. The van der Waals surface area contributed by atoms with Crippen LogP contribution in [-0.2, 0) is 47.7 Å². The van der Waals surface area contributed by atoms with E-state index < -0.39 is 88.8 Å². The number of hydrogen-bond donors (Lipinski definition) is 0. The Labute approximate surface area is 242 Å². The summed E-state index contributed by atoms with van der Waals surface area (Å²) < 4.78 is 29.9. The van der Waals surface area contributed by atoms with Crippen LogP contribution in [0.25, 0.3) is 0 Å². The molecule has 2 bridgehead atoms. The van der Waals surface area contributed by atoms with E-state index in [1.807, 2.05) is 0 Å². The summed E-state index contributed by atoms with van der Waals surface area (Å²) in [5.74, 6) is -5.86. The van der Waals surface area contributed by atoms with Crippen molar-refractivity contribution in [2.45, 2.75) is 83.9 Å². The van der Waals surface area contributed by atoms with Gasteiger partial charge in [0.15, 0.2) is 28.9 Å². The van der Waals surface area contributed by atoms with Crippen molar-refractivity contribution in [2.75, 3.05) is 6.61 Å². The minimum absolute atomic E-state index is 0.206. The summed E-state index contributed by atoms with van der Waals surface area (Å²) in [7, 11) is 0. The minimum Gasteiger partial charge on any atom is -0.461 e. The Kier molecular flexibility index (Phi) is 7.16. The van der Waals surface area contributed by atoms with E-state index in [0.717, 1.165) is 6.92 Å². The van der Waals surface area contributed by atoms with Crippen LogP contribution < -0.4 is 0 Å². The van der Waals surface area contributed by atoms with Crippen LogP contribution in [0.1, 0.15) is 64.7 Å². The average Bonchev–Trinajstić information content (AvgIpc) is 3.23. The summed E-state index contributed by atoms with van der Waals surface area (Å²) in [6.07, 6.45) is -4.39. The first-order chi connectivity index (χ1) is 19.7. The Morgan fingerprint density at radius 2 is 1.64 bits per heavy atom. The fourth-order valence-corrected chi connectivity index (χ4v) is 7.46. The van der Waals surface area contributed by atoms with Crippen LogP contribution >= 0.6 is 0 Å². The van der Waals surface area contributed by atoms with Gasteiger partial charge in [-0.3, -0.25) is 24.0 Å². The second-order valence-electron chi connectivity index (χ2n) is 12.1. The van der Waals surface area contributed by atoms with E-state index in [2.05, 4.69) is 0 Å². The van der Waals surface area contributed by atoms with Crippen molar-refractivity contribution in [3.8, 4) is 0 Å². The lowest BCUT2D eigenvalue weighted by Gasteiger charge is -2.56. The van der Waals surface area contributed by atoms with Gasteiger partial charge in [-0.05, 0) is 30.2 Å². The van der Waals surface area contributed by atoms with Crippen molar-refractivity contribution < 1.29 is 52.5 Å². The predicted molar refractivity (Wildman–Crippen MR) is 143 cm³/mol. The fraction of sp³-hybridized carbons (Fsp3) is 0.548. The lowest BCUT2D eigenvalue weighted by Crippen LogP contribution is -2.68. The van der Waals surface area contributed by atoms with Gasteiger partial charge in [0.1, 0.15) is 18.8 Å². The molecule has 11 nitrogen and oxygen atoms in total. The Bertz CT molecular complexity index is 1410. The molecule has 2 aliphatic heterocycles. The van der Waals surface area contributed by atoms with E-state index >= 15 is 0 Å². The van der Waals surface area contributed by atoms with Crippen molar-refractivity contribution >= 4 is 35.4 Å². The Balaban J connectivity index is 1.81. The van der Waals surface area contributed by atoms with E-state index in [0.29, 0.717) is 0 Å². The zero-order valence-corrected chi connectivity index (χ0v) is 24.4. The van der Waals surface area contributed by atoms with Gasteiger partial charge < -0.3 is 23.7 Å². The number of ketones is 2. The van der Waals surface area contributed by atoms with Crippen LogP contribution in [0.3, 0.4) is 0 Å². The van der Waals surface area contributed by atoms with Gasteiger partial charge in [-0.15, -0.1) is 0 Å². The van der Waals surface area contributed by atoms with Crippen LogP contribution in [-0.4, -0.2) is 71.6 Å². The number of benzene rings is 1. The number of hydrogen-bond acceptors (Lipinski definition) is 11. The Morgan fingerprint density at radius 1 is 0.976 bits per heavy atom. The van der Waals surface area contributed by atoms with Gasteiger partial charge in [-0.1, -0.05) is 39.0 Å². The maximum absolute atomic E-state index is 14.3. The molecule has 2 aliphatic carbocycles. The van der Waals surface area contributed by atoms with Gasteiger partial charge in [0.25, 0.3) is 0 Å². The molecule has 42 heavy (non-hydrogen) atoms. The molecular formula is C31H34O11. The van der Waals surface area contributed by atoms with Gasteiger partial charge in [-0.25, -0.2) is 4.79 Å². The third-order valence-electron chi connectivity index (χ3n) is 9.40. The van der Waals surface area contributed by atoms with Gasteiger partial charge in [0.2, 0.25) is 0 Å². The van der Waals surface area contributed by atoms with Crippen LogP contribution in [0.5, 0.6) is 0 Å². The van der Waals surface area contributed by atoms with E-state index in [4.69, 9.17) is 23.7 Å². The molecule has 0 spiro atoms. The summed E-state index contributed by atoms with van der Waals surface area (Å²) in [4.78, 5) is 79.2. The normalized spacial score (nSPS) is 35.2. The van der Waals surface area contributed by atoms with E-state index in [-0.39, 0.29) is 29.6 Å². The molecule has 1 aromatic carbocycles. The molecule has 0 N–H and O–H groups in total. The third kappa shape index (κ3) is 4.28. The van der Waals surface area contributed by atoms with Crippen molar-refractivity contribution in [1.29, 1.82) is 0 Å². The monoisotopic (exact) mass is 582 g/mol. The molecular weight excluding hydrogens is 548 g/mol. The average molecular weight is 583 g/mol. The molecule has 4 aliphatic rings. The molecule has 0 unspecified atom stereocenters. The highest BCUT2D eigenvalue weighted by Gasteiger charge is 2.75. The molecule has 11 heteroatoms. The Morgan fingerprint density at radius 3 is 2.26 bits per heavy atom. The molecule has 0 aromatic heterocycles. The SMILES string of the molecule is CC(=O)O[C@@H]1C(=O)[C@H](C)[C@H]2[C@@H](O[C@@H]3CC(=O)OC[C@]23OC(C)=O)[C@@]2(OC(=O)c3ccccc3)CC(=O)C(C)=C1C2(C)C. The van der Waals surface area contributed by atoms with Gasteiger partial charge in [-0.2, -0.15) is 0 Å². The molecule has 1 saturated carbocycles. The molecule has 2 saturated heterocycles. The van der Waals surface area contributed by atoms with Crippen molar-refractivity contribution in [3.05, 3.63) is 47.0 Å². The van der Waals surface area contributed by atoms with Crippen LogP contribution in [0, 0.1) is 17.3 Å². The second-order valence-corrected chi connectivity index (χ2v) is 12.1. The molecule has 1 aromatic rings. The largest absolute Gasteiger partial charge is 0.461 e. The fourth-order valence-electron chi connectivity index (χ4n) is 7.46. The highest BCUT2D eigenvalue weighted by molar-refractivity contribution is 6.02. The zero-order valence-electron chi connectivity index (χ0n) is 24.4. The highest BCUT2D eigenvalue weighted by Crippen LogP contribution is 2.61. The smallest absolute Gasteiger partial charge is 0.338 e. The quantitative estimate of drug-likeness (QED) is 0.381. The zero-order chi connectivity index (χ0) is 30.8. The molecule has 7 atom stereocenters. The van der Waals surface area contributed by atoms with E-state index in [1.54, 1.807) is 58.0 Å². The molecule has 2 heterocycles. The minimum atomic E-state index is -1.78. The molecule has 0 radical (unpaired) electrons. The first-order valence-corrected chi connectivity index (χ1v) is 13.9. The third-order valence-corrected chi connectivity index (χ3v) is 9.40. The predicted octanol–water partition coefficient (Wildman–Crippen LogP) is 2.68. The lowest BCUT2D eigenvalue weighted by molar-refractivity contribution is -0.200. The summed E-state index contributed by atoms with van der Waals surface area (Å²) in [5.41, 5.74) is -4.11. The van der Waals surface area contributed by atoms with E-state index in [1.165, 1.54) is 6.92 Å². The number of Topliss-reactive ketones (excluding diaryl/α,β-unsaturated/α-hetero) is 2. The van der Waals surface area contributed by atoms with E-state index in [9.17, 15) is 28.8 Å². The van der Waals surface area contributed by atoms with Crippen LogP contribution in [0.15, 0.2) is 41.5 Å². The number of allylic oxidation sites excluding steroid dienone is 1. The van der Waals surface area contributed by atoms with Gasteiger partial charge in [0, 0.05) is 31.1 Å². The number of cyclic esters (lactones) is 1. The second kappa shape index (κ2) is 10.1. The summed E-state index contributed by atoms with van der Waals surface area (Å²) in [6.45, 7) is 8.49. The Hall–Kier alpha value is -3.86. The standard InChI is InChI=1S/C31H34O11/c1-15-20(34)13-31(42-28(37)19-10-8-7-9-11-19)27-24(30(41-18(4)33)14-38-22(35)12-21(30)40-27)16(2)25(36)26(39-17(3)32)23(15)29(31,5)6/h7-11,16,21,24,26-27H,12-14H2,1-6H3/t16-,21-,24+,26+,27-,30-,31+/m1/s1. The molecule has 5 rings (SSSR count). The number of carbonyl (C=O) groups is 6. The summed E-state index contributed by atoms with van der Waals surface area (Å²) in [6, 6.07) is 8.20. The molecule has 224 valence electrons. The molecule has 0 amide bonds. The maximum atomic E-state index is 14.3. The highest BCUT2D eigenvalue weighted by atomic mass is 16.6. The first kappa shape index (κ1) is 29.6. The number of carbonyl (C=O) groups excluding carboxylic acids is 6. The number of ether oxygens (including phenoxy) is 5. The van der Waals surface area contributed by atoms with Crippen molar-refractivity contribution in [1.82, 2.24) is 0 Å². The number of fused-ring (bicyclic) bond motifs is 6. The first-order valence-electron chi connectivity index (χ1n) is 13.9. The lowest BCUT2D eigenvalue weighted by atomic mass is 9.52. The van der Waals surface area contributed by atoms with Gasteiger partial charge in [0.05, 0.1) is 18.4 Å². The number of esters is 4. The van der Waals surface area contributed by atoms with Crippen LogP contribution in [0.4, 0.5) is 0 Å². The van der Waals surface area contributed by atoms with Crippen molar-refractivity contribution in [3.63, 3.8) is 0 Å². The van der Waals surface area contributed by atoms with Gasteiger partial charge >= 0.3 is 23.9 Å². The van der Waals surface area contributed by atoms with Crippen LogP contribution in [0.2, 0.25) is 0 Å². The maximum Gasteiger partial charge on any atom is 0.338 e. The van der Waals surface area contributed by atoms with Crippen molar-refractivity contribution in [2.24, 2.45) is 17.3 Å². The number of rotatable bonds is 4. The molecule has 3 fully saturated rings. The summed E-state index contributed by atoms with van der Waals surface area (Å²) >= 11 is 0. The topological polar surface area (TPSA) is 149 Å².